The summed E-state index contributed by atoms with van der Waals surface area (Å²) >= 11 is 0. The third-order valence-electron chi connectivity index (χ3n) is 4.06. The predicted octanol–water partition coefficient (Wildman–Crippen LogP) is 0.504. The molecule has 0 saturated carbocycles. The van der Waals surface area contributed by atoms with Crippen molar-refractivity contribution >= 4 is 17.7 Å². The molecule has 0 unspecified atom stereocenters. The number of carbonyl (C=O) groups is 3. The summed E-state index contributed by atoms with van der Waals surface area (Å²) in [4.78, 5) is 42.6. The van der Waals surface area contributed by atoms with Gasteiger partial charge in [0.15, 0.2) is 0 Å². The largest absolute Gasteiger partial charge is 0.344 e. The Kier molecular flexibility index (Phi) is 11.0. The van der Waals surface area contributed by atoms with E-state index in [9.17, 15) is 14.4 Å². The van der Waals surface area contributed by atoms with Gasteiger partial charge in [0, 0.05) is 27.7 Å². The Bertz CT molecular complexity index is 415. The maximum Gasteiger partial charge on any atom is 0.242 e. The van der Waals surface area contributed by atoms with E-state index in [0.717, 1.165) is 25.8 Å². The molecule has 7 nitrogen and oxygen atoms in total. The van der Waals surface area contributed by atoms with Crippen LogP contribution in [0.3, 0.4) is 0 Å². The smallest absolute Gasteiger partial charge is 0.242 e. The molecule has 0 N–H and O–H groups in total. The summed E-state index contributed by atoms with van der Waals surface area (Å²) in [7, 11) is 6.81. The van der Waals surface area contributed by atoms with Crippen LogP contribution in [0, 0.1) is 0 Å². The lowest BCUT2D eigenvalue weighted by Gasteiger charge is -2.25. The monoisotopic (exact) mass is 342 g/mol. The van der Waals surface area contributed by atoms with Gasteiger partial charge < -0.3 is 14.7 Å². The molecule has 0 saturated heterocycles. The van der Waals surface area contributed by atoms with E-state index >= 15 is 0 Å². The zero-order valence-corrected chi connectivity index (χ0v) is 16.2. The molecule has 0 fully saturated rings. The first-order valence-corrected chi connectivity index (χ1v) is 8.63. The van der Waals surface area contributed by atoms with Crippen molar-refractivity contribution < 1.29 is 14.4 Å². The van der Waals surface area contributed by atoms with Crippen LogP contribution in [0.4, 0.5) is 0 Å². The number of carbonyl (C=O) groups excluding carboxylic acids is 3. The third kappa shape index (κ3) is 8.86. The fourth-order valence-electron chi connectivity index (χ4n) is 2.01. The highest BCUT2D eigenvalue weighted by molar-refractivity contribution is 5.88. The van der Waals surface area contributed by atoms with Crippen molar-refractivity contribution in [2.75, 3.05) is 60.9 Å². The second-order valence-electron chi connectivity index (χ2n) is 6.35. The molecular weight excluding hydrogens is 308 g/mol. The van der Waals surface area contributed by atoms with Gasteiger partial charge in [-0.05, 0) is 20.0 Å². The molecule has 0 radical (unpaired) electrons. The van der Waals surface area contributed by atoms with Crippen LogP contribution in [-0.4, -0.2) is 98.2 Å². The SMILES string of the molecule is CCCCCN(C)C(=O)CN(C)C(=O)CN(C)C(=O)CN(C)CC. The van der Waals surface area contributed by atoms with Crippen molar-refractivity contribution in [3.05, 3.63) is 0 Å². The first kappa shape index (κ1) is 22.4. The molecule has 0 bridgehead atoms. The summed E-state index contributed by atoms with van der Waals surface area (Å²) < 4.78 is 0. The fourth-order valence-corrected chi connectivity index (χ4v) is 2.01. The minimum Gasteiger partial charge on any atom is -0.344 e. The Morgan fingerprint density at radius 1 is 0.667 bits per heavy atom. The number of hydrogen-bond donors (Lipinski definition) is 0. The summed E-state index contributed by atoms with van der Waals surface area (Å²) in [6.07, 6.45) is 3.16. The topological polar surface area (TPSA) is 64.2 Å². The van der Waals surface area contributed by atoms with E-state index in [1.165, 1.54) is 9.80 Å². The molecular formula is C17H34N4O3. The Morgan fingerprint density at radius 2 is 1.12 bits per heavy atom. The molecule has 3 amide bonds. The number of likely N-dealkylation sites (N-methyl/N-ethyl adjacent to an activating group) is 4. The number of rotatable bonds is 11. The lowest BCUT2D eigenvalue weighted by Crippen LogP contribution is -2.45. The van der Waals surface area contributed by atoms with Gasteiger partial charge in [-0.1, -0.05) is 26.7 Å². The summed E-state index contributed by atoms with van der Waals surface area (Å²) in [5.74, 6) is -0.425. The van der Waals surface area contributed by atoms with Gasteiger partial charge >= 0.3 is 0 Å². The van der Waals surface area contributed by atoms with Crippen molar-refractivity contribution in [1.82, 2.24) is 19.6 Å². The zero-order valence-electron chi connectivity index (χ0n) is 16.2. The van der Waals surface area contributed by atoms with Crippen molar-refractivity contribution in [1.29, 1.82) is 0 Å². The Hall–Kier alpha value is -1.63. The standard InChI is InChI=1S/C17H34N4O3/c1-7-9-10-11-19(4)16(23)13-21(6)17(24)14-20(5)15(22)12-18(3)8-2/h7-14H2,1-6H3. The quantitative estimate of drug-likeness (QED) is 0.513. The van der Waals surface area contributed by atoms with Crippen LogP contribution in [0.25, 0.3) is 0 Å². The van der Waals surface area contributed by atoms with E-state index in [2.05, 4.69) is 6.92 Å². The molecule has 0 aromatic rings. The number of unbranched alkanes of at least 4 members (excludes halogenated alkanes) is 2. The fraction of sp³-hybridized carbons (Fsp3) is 0.824. The van der Waals surface area contributed by atoms with Crippen LogP contribution in [0.2, 0.25) is 0 Å². The van der Waals surface area contributed by atoms with Crippen molar-refractivity contribution in [3.63, 3.8) is 0 Å². The van der Waals surface area contributed by atoms with E-state index in [1.54, 1.807) is 26.0 Å². The van der Waals surface area contributed by atoms with E-state index in [1.807, 2.05) is 18.9 Å². The molecule has 0 atom stereocenters. The summed E-state index contributed by atoms with van der Waals surface area (Å²) in [6.45, 7) is 5.86. The maximum atomic E-state index is 12.2. The lowest BCUT2D eigenvalue weighted by atomic mass is 10.2. The average Bonchev–Trinajstić information content (AvgIpc) is 2.54. The Morgan fingerprint density at radius 3 is 1.58 bits per heavy atom. The van der Waals surface area contributed by atoms with E-state index < -0.39 is 0 Å². The zero-order chi connectivity index (χ0) is 18.7. The normalized spacial score (nSPS) is 10.6. The maximum absolute atomic E-state index is 12.2. The highest BCUT2D eigenvalue weighted by Gasteiger charge is 2.19. The number of nitrogens with zero attached hydrogens (tertiary/aromatic N) is 4. The summed E-state index contributed by atoms with van der Waals surface area (Å²) in [5, 5.41) is 0. The van der Waals surface area contributed by atoms with Crippen LogP contribution in [-0.2, 0) is 14.4 Å². The van der Waals surface area contributed by atoms with E-state index in [-0.39, 0.29) is 37.4 Å². The van der Waals surface area contributed by atoms with Gasteiger partial charge in [-0.25, -0.2) is 0 Å². The molecule has 0 aliphatic carbocycles. The first-order valence-electron chi connectivity index (χ1n) is 8.63. The molecule has 7 heteroatoms. The van der Waals surface area contributed by atoms with Crippen LogP contribution in [0.5, 0.6) is 0 Å². The average molecular weight is 342 g/mol. The van der Waals surface area contributed by atoms with Gasteiger partial charge in [0.2, 0.25) is 17.7 Å². The second-order valence-corrected chi connectivity index (χ2v) is 6.35. The summed E-state index contributed by atoms with van der Waals surface area (Å²) in [6, 6.07) is 0. The van der Waals surface area contributed by atoms with Crippen LogP contribution in [0.1, 0.15) is 33.1 Å². The molecule has 0 aromatic carbocycles. The first-order chi connectivity index (χ1) is 11.2. The number of amides is 3. The van der Waals surface area contributed by atoms with Gasteiger partial charge in [-0.15, -0.1) is 0 Å². The molecule has 0 aliphatic rings. The van der Waals surface area contributed by atoms with E-state index in [4.69, 9.17) is 0 Å². The molecule has 24 heavy (non-hydrogen) atoms. The van der Waals surface area contributed by atoms with Crippen LogP contribution in [0.15, 0.2) is 0 Å². The molecule has 0 heterocycles. The van der Waals surface area contributed by atoms with Gasteiger partial charge in [0.1, 0.15) is 0 Å². The molecule has 140 valence electrons. The minimum atomic E-state index is -0.236. The predicted molar refractivity (Wildman–Crippen MR) is 95.6 cm³/mol. The highest BCUT2D eigenvalue weighted by Crippen LogP contribution is 1.99. The van der Waals surface area contributed by atoms with Crippen LogP contribution < -0.4 is 0 Å². The van der Waals surface area contributed by atoms with Crippen molar-refractivity contribution in [3.8, 4) is 0 Å². The van der Waals surface area contributed by atoms with Gasteiger partial charge in [0.05, 0.1) is 19.6 Å². The highest BCUT2D eigenvalue weighted by atomic mass is 16.2. The molecule has 0 aliphatic heterocycles. The third-order valence-corrected chi connectivity index (χ3v) is 4.06. The second kappa shape index (κ2) is 11.8. The van der Waals surface area contributed by atoms with Gasteiger partial charge in [0.25, 0.3) is 0 Å². The number of hydrogen-bond acceptors (Lipinski definition) is 4. The van der Waals surface area contributed by atoms with Crippen molar-refractivity contribution in [2.45, 2.75) is 33.1 Å². The Labute approximate surface area is 146 Å². The van der Waals surface area contributed by atoms with Crippen LogP contribution >= 0.6 is 0 Å². The Balaban J connectivity index is 4.30. The van der Waals surface area contributed by atoms with E-state index in [0.29, 0.717) is 6.54 Å². The summed E-state index contributed by atoms with van der Waals surface area (Å²) in [5.41, 5.74) is 0. The molecule has 0 rings (SSSR count). The minimum absolute atomic E-state index is 0.0142. The molecule has 0 aromatic heterocycles. The van der Waals surface area contributed by atoms with Crippen molar-refractivity contribution in [2.24, 2.45) is 0 Å². The molecule has 0 spiro atoms. The van der Waals surface area contributed by atoms with Gasteiger partial charge in [-0.3, -0.25) is 19.3 Å². The lowest BCUT2D eigenvalue weighted by molar-refractivity contribution is -0.142. The van der Waals surface area contributed by atoms with Gasteiger partial charge in [-0.2, -0.15) is 0 Å².